The molecule has 0 unspecified atom stereocenters. The van der Waals surface area contributed by atoms with Crippen molar-refractivity contribution >= 4 is 11.6 Å². The third-order valence-electron chi connectivity index (χ3n) is 3.64. The van der Waals surface area contributed by atoms with Gasteiger partial charge in [-0.15, -0.1) is 0 Å². The summed E-state index contributed by atoms with van der Waals surface area (Å²) in [5, 5.41) is 0. The largest absolute Gasteiger partial charge is 0.326 e. The maximum Gasteiger partial charge on any atom is 0.227 e. The number of fused-ring (bicyclic) bond motifs is 1. The summed E-state index contributed by atoms with van der Waals surface area (Å²) in [6.07, 6.45) is 4.56. The molecular weight excluding hydrogens is 236 g/mol. The van der Waals surface area contributed by atoms with Gasteiger partial charge in [-0.3, -0.25) is 4.79 Å². The number of anilines is 1. The molecule has 3 nitrogen and oxygen atoms in total. The van der Waals surface area contributed by atoms with Gasteiger partial charge in [0.15, 0.2) is 0 Å². The second kappa shape index (κ2) is 5.74. The van der Waals surface area contributed by atoms with Gasteiger partial charge in [-0.1, -0.05) is 18.2 Å². The van der Waals surface area contributed by atoms with E-state index in [0.717, 1.165) is 37.9 Å². The van der Waals surface area contributed by atoms with E-state index in [-0.39, 0.29) is 11.4 Å². The van der Waals surface area contributed by atoms with Gasteiger partial charge in [0, 0.05) is 24.2 Å². The summed E-state index contributed by atoms with van der Waals surface area (Å²) in [7, 11) is 0. The summed E-state index contributed by atoms with van der Waals surface area (Å²) in [4.78, 5) is 14.4. The van der Waals surface area contributed by atoms with E-state index >= 15 is 0 Å². The monoisotopic (exact) mass is 260 g/mol. The molecule has 1 amide bonds. The number of aryl methyl sites for hydroxylation is 1. The summed E-state index contributed by atoms with van der Waals surface area (Å²) >= 11 is 0. The van der Waals surface area contributed by atoms with Gasteiger partial charge >= 0.3 is 0 Å². The molecule has 0 saturated heterocycles. The van der Waals surface area contributed by atoms with E-state index in [2.05, 4.69) is 18.2 Å². The molecule has 0 aliphatic carbocycles. The van der Waals surface area contributed by atoms with Gasteiger partial charge in [-0.2, -0.15) is 0 Å². The molecule has 1 aromatic carbocycles. The van der Waals surface area contributed by atoms with Crippen molar-refractivity contribution in [3.05, 3.63) is 29.8 Å². The molecule has 0 atom stereocenters. The summed E-state index contributed by atoms with van der Waals surface area (Å²) in [6, 6.07) is 8.26. The number of nitrogens with zero attached hydrogens (tertiary/aromatic N) is 1. The number of hydrogen-bond acceptors (Lipinski definition) is 2. The number of para-hydroxylation sites is 1. The Kier molecular flexibility index (Phi) is 4.25. The minimum atomic E-state index is -0.277. The fourth-order valence-electron chi connectivity index (χ4n) is 2.51. The van der Waals surface area contributed by atoms with Crippen LogP contribution in [0, 0.1) is 0 Å². The molecular formula is C16H24N2O. The molecule has 0 fully saturated rings. The van der Waals surface area contributed by atoms with Gasteiger partial charge in [-0.05, 0) is 51.2 Å². The Hall–Kier alpha value is -1.35. The summed E-state index contributed by atoms with van der Waals surface area (Å²) < 4.78 is 0. The topological polar surface area (TPSA) is 46.3 Å². The van der Waals surface area contributed by atoms with Crippen LogP contribution in [0.5, 0.6) is 0 Å². The zero-order valence-corrected chi connectivity index (χ0v) is 12.0. The van der Waals surface area contributed by atoms with Crippen LogP contribution in [0.15, 0.2) is 24.3 Å². The third kappa shape index (κ3) is 3.80. The highest BCUT2D eigenvalue weighted by molar-refractivity contribution is 5.94. The highest BCUT2D eigenvalue weighted by Crippen LogP contribution is 2.27. The molecule has 104 valence electrons. The van der Waals surface area contributed by atoms with E-state index in [1.807, 2.05) is 24.8 Å². The summed E-state index contributed by atoms with van der Waals surface area (Å²) in [5.74, 6) is 0.202. The molecule has 19 heavy (non-hydrogen) atoms. The summed E-state index contributed by atoms with van der Waals surface area (Å²) in [5.41, 5.74) is 8.08. The van der Waals surface area contributed by atoms with E-state index in [0.29, 0.717) is 6.42 Å². The van der Waals surface area contributed by atoms with Crippen LogP contribution in [0.2, 0.25) is 0 Å². The smallest absolute Gasteiger partial charge is 0.227 e. The molecule has 3 heteroatoms. The van der Waals surface area contributed by atoms with Gasteiger partial charge in [0.2, 0.25) is 5.91 Å². The van der Waals surface area contributed by atoms with Gasteiger partial charge in [0.1, 0.15) is 0 Å². The van der Waals surface area contributed by atoms with Crippen LogP contribution in [-0.2, 0) is 11.2 Å². The minimum absolute atomic E-state index is 0.202. The average Bonchev–Trinajstić information content (AvgIpc) is 2.57. The van der Waals surface area contributed by atoms with Crippen LogP contribution in [-0.4, -0.2) is 18.0 Å². The lowest BCUT2D eigenvalue weighted by Crippen LogP contribution is -2.36. The first-order chi connectivity index (χ1) is 8.97. The van der Waals surface area contributed by atoms with Crippen molar-refractivity contribution < 1.29 is 4.79 Å². The Morgan fingerprint density at radius 1 is 1.32 bits per heavy atom. The molecule has 0 bridgehead atoms. The first-order valence-electron chi connectivity index (χ1n) is 7.14. The predicted octanol–water partition coefficient (Wildman–Crippen LogP) is 2.87. The Labute approximate surface area is 115 Å². The maximum atomic E-state index is 12.4. The van der Waals surface area contributed by atoms with Crippen LogP contribution in [0.1, 0.15) is 45.1 Å². The fourth-order valence-corrected chi connectivity index (χ4v) is 2.51. The minimum Gasteiger partial charge on any atom is -0.326 e. The first kappa shape index (κ1) is 14.1. The number of benzene rings is 1. The number of nitrogens with two attached hydrogens (primary N) is 1. The van der Waals surface area contributed by atoms with Crippen LogP contribution >= 0.6 is 0 Å². The van der Waals surface area contributed by atoms with Crippen molar-refractivity contribution in [2.75, 3.05) is 11.4 Å². The second-order valence-electron chi connectivity index (χ2n) is 6.12. The maximum absolute atomic E-state index is 12.4. The molecule has 1 aromatic rings. The van der Waals surface area contributed by atoms with E-state index in [1.165, 1.54) is 5.56 Å². The summed E-state index contributed by atoms with van der Waals surface area (Å²) in [6.45, 7) is 4.77. The van der Waals surface area contributed by atoms with Crippen molar-refractivity contribution in [1.82, 2.24) is 0 Å². The predicted molar refractivity (Wildman–Crippen MR) is 79.2 cm³/mol. The van der Waals surface area contributed by atoms with E-state index in [9.17, 15) is 4.79 Å². The van der Waals surface area contributed by atoms with Crippen LogP contribution in [0.3, 0.4) is 0 Å². The lowest BCUT2D eigenvalue weighted by Gasteiger charge is -2.25. The third-order valence-corrected chi connectivity index (χ3v) is 3.64. The molecule has 1 heterocycles. The average molecular weight is 260 g/mol. The zero-order chi connectivity index (χ0) is 13.9. The van der Waals surface area contributed by atoms with Crippen molar-refractivity contribution in [2.45, 2.75) is 51.5 Å². The second-order valence-corrected chi connectivity index (χ2v) is 6.12. The van der Waals surface area contributed by atoms with E-state index in [4.69, 9.17) is 5.73 Å². The number of hydrogen-bond donors (Lipinski definition) is 1. The zero-order valence-electron chi connectivity index (χ0n) is 12.0. The number of carbonyl (C=O) groups excluding carboxylic acids is 1. The van der Waals surface area contributed by atoms with Crippen LogP contribution in [0.25, 0.3) is 0 Å². The Balaban J connectivity index is 2.13. The van der Waals surface area contributed by atoms with Gasteiger partial charge < -0.3 is 10.6 Å². The van der Waals surface area contributed by atoms with Gasteiger partial charge in [-0.25, -0.2) is 0 Å². The molecule has 0 radical (unpaired) electrons. The highest BCUT2D eigenvalue weighted by Gasteiger charge is 2.22. The van der Waals surface area contributed by atoms with E-state index in [1.54, 1.807) is 0 Å². The molecule has 0 saturated carbocycles. The van der Waals surface area contributed by atoms with Crippen molar-refractivity contribution in [1.29, 1.82) is 0 Å². The number of amides is 1. The van der Waals surface area contributed by atoms with Crippen LogP contribution in [0.4, 0.5) is 5.69 Å². The Bertz CT molecular complexity index is 448. The highest BCUT2D eigenvalue weighted by atomic mass is 16.2. The number of rotatable bonds is 3. The van der Waals surface area contributed by atoms with E-state index < -0.39 is 0 Å². The standard InChI is InChI=1S/C16H24N2O/c1-16(2,17)11-10-15(19)18-12-6-5-8-13-7-3-4-9-14(13)18/h3-4,7,9H,5-6,8,10-12,17H2,1-2H3. The van der Waals surface area contributed by atoms with Crippen molar-refractivity contribution in [3.8, 4) is 0 Å². The molecule has 1 aliphatic rings. The fraction of sp³-hybridized carbons (Fsp3) is 0.562. The normalized spacial score (nSPS) is 15.8. The molecule has 0 spiro atoms. The van der Waals surface area contributed by atoms with Gasteiger partial charge in [0.05, 0.1) is 0 Å². The molecule has 2 rings (SSSR count). The first-order valence-corrected chi connectivity index (χ1v) is 7.14. The molecule has 2 N–H and O–H groups in total. The van der Waals surface area contributed by atoms with Gasteiger partial charge in [0.25, 0.3) is 0 Å². The molecule has 0 aromatic heterocycles. The van der Waals surface area contributed by atoms with Crippen LogP contribution < -0.4 is 10.6 Å². The Morgan fingerprint density at radius 3 is 2.79 bits per heavy atom. The lowest BCUT2D eigenvalue weighted by molar-refractivity contribution is -0.118. The van der Waals surface area contributed by atoms with Crippen molar-refractivity contribution in [2.24, 2.45) is 5.73 Å². The quantitative estimate of drug-likeness (QED) is 0.908. The number of carbonyl (C=O) groups is 1. The SMILES string of the molecule is CC(C)(N)CCC(=O)N1CCCCc2ccccc21. The lowest BCUT2D eigenvalue weighted by atomic mass is 9.99. The van der Waals surface area contributed by atoms with Crippen molar-refractivity contribution in [3.63, 3.8) is 0 Å². The molecule has 1 aliphatic heterocycles. The Morgan fingerprint density at radius 2 is 2.05 bits per heavy atom.